The topological polar surface area (TPSA) is 114 Å². The van der Waals surface area contributed by atoms with Crippen LogP contribution in [-0.4, -0.2) is 55.0 Å². The normalized spacial score (nSPS) is 16.4. The molecule has 3 N–H and O–H groups in total. The molecule has 35 heavy (non-hydrogen) atoms. The molecule has 0 saturated heterocycles. The van der Waals surface area contributed by atoms with Gasteiger partial charge in [-0.2, -0.15) is 0 Å². The van der Waals surface area contributed by atoms with Gasteiger partial charge in [0.1, 0.15) is 12.6 Å². The van der Waals surface area contributed by atoms with Gasteiger partial charge in [0.15, 0.2) is 0 Å². The van der Waals surface area contributed by atoms with Crippen molar-refractivity contribution in [2.75, 3.05) is 20.3 Å². The number of ether oxygens (including phenoxy) is 2. The molecule has 2 amide bonds. The summed E-state index contributed by atoms with van der Waals surface area (Å²) in [7, 11) is 1.68. The summed E-state index contributed by atoms with van der Waals surface area (Å²) in [5.74, 6) is -1.57. The lowest BCUT2D eigenvalue weighted by atomic mass is 9.77. The van der Waals surface area contributed by atoms with Gasteiger partial charge in [0.2, 0.25) is 5.91 Å². The number of carboxylic acid groups (broad SMARTS) is 1. The SMILES string of the molecule is COC1(CCNC(=O)C(CCC(=O)O)NC(=O)OCC2c3ccccc3-c3ccccc32)CCC1. The molecule has 8 nitrogen and oxygen atoms in total. The minimum Gasteiger partial charge on any atom is -0.481 e. The lowest BCUT2D eigenvalue weighted by Crippen LogP contribution is -2.49. The minimum absolute atomic E-state index is 0.0270. The van der Waals surface area contributed by atoms with Crippen molar-refractivity contribution in [3.63, 3.8) is 0 Å². The van der Waals surface area contributed by atoms with Gasteiger partial charge in [-0.25, -0.2) is 4.79 Å². The van der Waals surface area contributed by atoms with Crippen molar-refractivity contribution in [2.24, 2.45) is 0 Å². The van der Waals surface area contributed by atoms with E-state index in [1.54, 1.807) is 7.11 Å². The maximum Gasteiger partial charge on any atom is 0.407 e. The first-order chi connectivity index (χ1) is 16.9. The monoisotopic (exact) mass is 480 g/mol. The number of carbonyl (C=O) groups excluding carboxylic acids is 2. The lowest BCUT2D eigenvalue weighted by molar-refractivity contribution is -0.137. The van der Waals surface area contributed by atoms with Gasteiger partial charge in [-0.1, -0.05) is 48.5 Å². The van der Waals surface area contributed by atoms with Gasteiger partial charge in [0.25, 0.3) is 0 Å². The lowest BCUT2D eigenvalue weighted by Gasteiger charge is -2.40. The average Bonchev–Trinajstić information content (AvgIpc) is 3.15. The van der Waals surface area contributed by atoms with E-state index in [1.807, 2.05) is 36.4 Å². The van der Waals surface area contributed by atoms with E-state index in [9.17, 15) is 14.4 Å². The molecule has 2 aromatic rings. The van der Waals surface area contributed by atoms with Crippen molar-refractivity contribution in [1.82, 2.24) is 10.6 Å². The van der Waals surface area contributed by atoms with Crippen LogP contribution in [0.5, 0.6) is 0 Å². The Balaban J connectivity index is 1.34. The van der Waals surface area contributed by atoms with Crippen LogP contribution in [-0.2, 0) is 19.1 Å². The first kappa shape index (κ1) is 24.7. The van der Waals surface area contributed by atoms with Crippen LogP contribution in [0.1, 0.15) is 55.6 Å². The van der Waals surface area contributed by atoms with Gasteiger partial charge in [-0.15, -0.1) is 0 Å². The van der Waals surface area contributed by atoms with Gasteiger partial charge in [-0.05, 0) is 54.4 Å². The number of hydrogen-bond donors (Lipinski definition) is 3. The summed E-state index contributed by atoms with van der Waals surface area (Å²) in [5.41, 5.74) is 4.23. The fourth-order valence-corrected chi connectivity index (χ4v) is 4.98. The zero-order valence-electron chi connectivity index (χ0n) is 19.9. The summed E-state index contributed by atoms with van der Waals surface area (Å²) in [6, 6.07) is 15.0. The molecule has 0 bridgehead atoms. The van der Waals surface area contributed by atoms with E-state index in [1.165, 1.54) is 0 Å². The van der Waals surface area contributed by atoms with Gasteiger partial charge in [0, 0.05) is 26.0 Å². The number of benzene rings is 2. The van der Waals surface area contributed by atoms with Crippen molar-refractivity contribution < 1.29 is 29.0 Å². The molecular weight excluding hydrogens is 448 g/mol. The van der Waals surface area contributed by atoms with Crippen molar-refractivity contribution in [3.8, 4) is 11.1 Å². The number of rotatable bonds is 11. The Morgan fingerprint density at radius 2 is 1.69 bits per heavy atom. The number of methoxy groups -OCH3 is 1. The van der Waals surface area contributed by atoms with Crippen LogP contribution in [0.4, 0.5) is 4.79 Å². The van der Waals surface area contributed by atoms with Crippen LogP contribution in [0.25, 0.3) is 11.1 Å². The van der Waals surface area contributed by atoms with Gasteiger partial charge in [0.05, 0.1) is 5.60 Å². The van der Waals surface area contributed by atoms with Gasteiger partial charge in [-0.3, -0.25) is 9.59 Å². The molecule has 8 heteroatoms. The first-order valence-electron chi connectivity index (χ1n) is 12.1. The van der Waals surface area contributed by atoms with Crippen molar-refractivity contribution >= 4 is 18.0 Å². The summed E-state index contributed by atoms with van der Waals surface area (Å²) < 4.78 is 11.1. The summed E-state index contributed by atoms with van der Waals surface area (Å²) in [5, 5.41) is 14.5. The van der Waals surface area contributed by atoms with Gasteiger partial charge >= 0.3 is 12.1 Å². The molecule has 0 aromatic heterocycles. The predicted molar refractivity (Wildman–Crippen MR) is 130 cm³/mol. The molecule has 0 heterocycles. The third-order valence-electron chi connectivity index (χ3n) is 7.18. The first-order valence-corrected chi connectivity index (χ1v) is 12.1. The molecule has 1 atom stereocenters. The molecule has 2 aliphatic carbocycles. The molecule has 2 aromatic carbocycles. The molecule has 1 saturated carbocycles. The summed E-state index contributed by atoms with van der Waals surface area (Å²) >= 11 is 0. The molecule has 0 spiro atoms. The highest BCUT2D eigenvalue weighted by molar-refractivity contribution is 5.86. The van der Waals surface area contributed by atoms with Crippen LogP contribution < -0.4 is 10.6 Å². The Bertz CT molecular complexity index is 1030. The van der Waals surface area contributed by atoms with Crippen molar-refractivity contribution in [3.05, 3.63) is 59.7 Å². The number of hydrogen-bond acceptors (Lipinski definition) is 5. The number of aliphatic carboxylic acids is 1. The third kappa shape index (κ3) is 5.65. The summed E-state index contributed by atoms with van der Waals surface area (Å²) in [6.45, 7) is 0.506. The molecule has 0 radical (unpaired) electrons. The molecule has 186 valence electrons. The smallest absolute Gasteiger partial charge is 0.407 e. The number of amides is 2. The highest BCUT2D eigenvalue weighted by Gasteiger charge is 2.36. The second kappa shape index (κ2) is 10.9. The Morgan fingerprint density at radius 3 is 2.23 bits per heavy atom. The standard InChI is InChI=1S/C27H32N2O6/c1-34-27(13-6-14-27)15-16-28-25(32)23(11-12-24(30)31)29-26(33)35-17-22-20-9-4-2-7-18(20)19-8-3-5-10-21(19)22/h2-5,7-10,22-23H,6,11-17H2,1H3,(H,28,32)(H,29,33)(H,30,31). The van der Waals surface area contributed by atoms with Crippen molar-refractivity contribution in [2.45, 2.75) is 56.1 Å². The maximum atomic E-state index is 12.7. The van der Waals surface area contributed by atoms with E-state index in [0.717, 1.165) is 41.5 Å². The molecule has 0 aliphatic heterocycles. The minimum atomic E-state index is -1.04. The number of fused-ring (bicyclic) bond motifs is 3. The average molecular weight is 481 g/mol. The highest BCUT2D eigenvalue weighted by atomic mass is 16.5. The summed E-state index contributed by atoms with van der Waals surface area (Å²) in [4.78, 5) is 36.5. The second-order valence-electron chi connectivity index (χ2n) is 9.24. The molecule has 2 aliphatic rings. The molecule has 4 rings (SSSR count). The van der Waals surface area contributed by atoms with E-state index in [2.05, 4.69) is 22.8 Å². The predicted octanol–water partition coefficient (Wildman–Crippen LogP) is 3.83. The Labute approximate surface area is 205 Å². The van der Waals surface area contributed by atoms with Crippen LogP contribution in [0.15, 0.2) is 48.5 Å². The molecule has 1 fully saturated rings. The maximum absolute atomic E-state index is 12.7. The van der Waals surface area contributed by atoms with E-state index in [0.29, 0.717) is 13.0 Å². The number of nitrogens with one attached hydrogen (secondary N) is 2. The number of alkyl carbamates (subject to hydrolysis) is 1. The Hall–Kier alpha value is -3.39. The number of carboxylic acids is 1. The third-order valence-corrected chi connectivity index (χ3v) is 7.18. The van der Waals surface area contributed by atoms with E-state index in [4.69, 9.17) is 14.6 Å². The van der Waals surface area contributed by atoms with E-state index < -0.39 is 24.0 Å². The quantitative estimate of drug-likeness (QED) is 0.450. The zero-order valence-corrected chi connectivity index (χ0v) is 19.9. The fourth-order valence-electron chi connectivity index (χ4n) is 4.98. The molecular formula is C27H32N2O6. The highest BCUT2D eigenvalue weighted by Crippen LogP contribution is 2.44. The van der Waals surface area contributed by atoms with Crippen molar-refractivity contribution in [1.29, 1.82) is 0 Å². The summed E-state index contributed by atoms with van der Waals surface area (Å²) in [6.07, 6.45) is 2.67. The van der Waals surface area contributed by atoms with Crippen LogP contribution in [0.3, 0.4) is 0 Å². The van der Waals surface area contributed by atoms with Crippen LogP contribution in [0.2, 0.25) is 0 Å². The van der Waals surface area contributed by atoms with Crippen LogP contribution in [0, 0.1) is 0 Å². The van der Waals surface area contributed by atoms with Crippen LogP contribution >= 0.6 is 0 Å². The van der Waals surface area contributed by atoms with Gasteiger partial charge < -0.3 is 25.2 Å². The molecule has 1 unspecified atom stereocenters. The zero-order chi connectivity index (χ0) is 24.8. The second-order valence-corrected chi connectivity index (χ2v) is 9.24. The van der Waals surface area contributed by atoms with E-state index >= 15 is 0 Å². The Kier molecular flexibility index (Phi) is 7.70. The fraction of sp³-hybridized carbons (Fsp3) is 0.444. The van der Waals surface area contributed by atoms with E-state index in [-0.39, 0.29) is 31.0 Å². The largest absolute Gasteiger partial charge is 0.481 e. The number of carbonyl (C=O) groups is 3. The Morgan fingerprint density at radius 1 is 1.06 bits per heavy atom.